The second kappa shape index (κ2) is 5.67. The number of carboxylic acids is 1. The van der Waals surface area contributed by atoms with Crippen molar-refractivity contribution in [1.29, 1.82) is 0 Å². The Bertz CT molecular complexity index is 243. The van der Waals surface area contributed by atoms with Crippen molar-refractivity contribution < 1.29 is 37.0 Å². The summed E-state index contributed by atoms with van der Waals surface area (Å²) in [6.07, 6.45) is -7.81. The fourth-order valence-corrected chi connectivity index (χ4v) is 1.58. The fraction of sp³-hybridized carbons (Fsp3) is 0.857. The summed E-state index contributed by atoms with van der Waals surface area (Å²) in [5, 5.41) is 17.0. The van der Waals surface area contributed by atoms with Gasteiger partial charge in [0.1, 0.15) is 5.44 Å². The molecule has 0 heterocycles. The molecule has 0 aromatic rings. The number of aliphatic hydroxyl groups is 1. The van der Waals surface area contributed by atoms with Crippen LogP contribution in [0.2, 0.25) is 0 Å². The first-order valence-corrected chi connectivity index (χ1v) is 5.07. The molecule has 2 N–H and O–H groups in total. The van der Waals surface area contributed by atoms with E-state index in [9.17, 15) is 26.7 Å². The molecule has 0 aromatic heterocycles. The predicted molar refractivity (Wildman–Crippen MR) is 46.3 cm³/mol. The third-order valence-corrected chi connectivity index (χ3v) is 2.48. The Morgan fingerprint density at radius 2 is 1.75 bits per heavy atom. The van der Waals surface area contributed by atoms with Crippen molar-refractivity contribution in [2.75, 3.05) is 5.75 Å². The van der Waals surface area contributed by atoms with Crippen molar-refractivity contribution in [3.05, 3.63) is 0 Å². The Hall–Kier alpha value is -0.570. The molecule has 0 saturated carbocycles. The van der Waals surface area contributed by atoms with E-state index in [1.54, 1.807) is 0 Å². The maximum atomic E-state index is 12.3. The van der Waals surface area contributed by atoms with Crippen LogP contribution in [0.3, 0.4) is 0 Å². The van der Waals surface area contributed by atoms with Crippen LogP contribution in [-0.2, 0) is 4.79 Å². The van der Waals surface area contributed by atoms with Crippen LogP contribution in [-0.4, -0.2) is 39.5 Å². The van der Waals surface area contributed by atoms with Gasteiger partial charge in [-0.05, 0) is 0 Å². The van der Waals surface area contributed by atoms with Gasteiger partial charge in [-0.25, -0.2) is 0 Å². The highest BCUT2D eigenvalue weighted by Crippen LogP contribution is 2.38. The van der Waals surface area contributed by atoms with Crippen molar-refractivity contribution in [3.8, 4) is 0 Å². The number of halogens is 5. The highest BCUT2D eigenvalue weighted by molar-refractivity contribution is 7.99. The molecular weight excluding hydrogens is 259 g/mol. The van der Waals surface area contributed by atoms with Crippen LogP contribution < -0.4 is 0 Å². The fourth-order valence-electron chi connectivity index (χ4n) is 0.673. The van der Waals surface area contributed by atoms with Gasteiger partial charge < -0.3 is 10.2 Å². The summed E-state index contributed by atoms with van der Waals surface area (Å²) in [6.45, 7) is 0. The SMILES string of the molecule is O=C(O)CC(O)SCCC(F)(F)C(F)(F)F. The van der Waals surface area contributed by atoms with Crippen molar-refractivity contribution >= 4 is 17.7 Å². The molecule has 96 valence electrons. The number of aliphatic carboxylic acids is 1. The van der Waals surface area contributed by atoms with Crippen molar-refractivity contribution in [3.63, 3.8) is 0 Å². The number of carboxylic acid groups (broad SMARTS) is 1. The van der Waals surface area contributed by atoms with Gasteiger partial charge in [0.2, 0.25) is 0 Å². The third kappa shape index (κ3) is 5.50. The smallest absolute Gasteiger partial charge is 0.453 e. The van der Waals surface area contributed by atoms with E-state index in [1.165, 1.54) is 0 Å². The standard InChI is InChI=1S/C7H9F5O3S/c8-6(9,7(10,11)12)1-2-16-5(15)3-4(13)14/h5,15H,1-3H2,(H,13,14). The summed E-state index contributed by atoms with van der Waals surface area (Å²) in [5.74, 6) is -6.85. The summed E-state index contributed by atoms with van der Waals surface area (Å²) in [4.78, 5) is 10.0. The molecule has 1 unspecified atom stereocenters. The largest absolute Gasteiger partial charge is 0.481 e. The molecular formula is C7H9F5O3S. The number of hydrogen-bond donors (Lipinski definition) is 2. The highest BCUT2D eigenvalue weighted by atomic mass is 32.2. The molecule has 9 heteroatoms. The quantitative estimate of drug-likeness (QED) is 0.572. The maximum absolute atomic E-state index is 12.3. The van der Waals surface area contributed by atoms with E-state index in [4.69, 9.17) is 10.2 Å². The predicted octanol–water partition coefficient (Wildman–Crippen LogP) is 2.10. The number of carbonyl (C=O) groups is 1. The lowest BCUT2D eigenvalue weighted by atomic mass is 10.2. The van der Waals surface area contributed by atoms with Crippen molar-refractivity contribution in [2.24, 2.45) is 0 Å². The monoisotopic (exact) mass is 268 g/mol. The van der Waals surface area contributed by atoms with Gasteiger partial charge in [0.25, 0.3) is 0 Å². The number of alkyl halides is 5. The van der Waals surface area contributed by atoms with E-state index in [0.29, 0.717) is 11.8 Å². The van der Waals surface area contributed by atoms with E-state index < -0.39 is 42.1 Å². The lowest BCUT2D eigenvalue weighted by Crippen LogP contribution is -2.36. The number of rotatable bonds is 6. The molecule has 0 spiro atoms. The maximum Gasteiger partial charge on any atom is 0.453 e. The summed E-state index contributed by atoms with van der Waals surface area (Å²) >= 11 is 0.342. The topological polar surface area (TPSA) is 57.5 Å². The van der Waals surface area contributed by atoms with Gasteiger partial charge in [0.05, 0.1) is 6.42 Å². The molecule has 0 saturated heterocycles. The van der Waals surface area contributed by atoms with Crippen LogP contribution in [0.1, 0.15) is 12.8 Å². The minimum Gasteiger partial charge on any atom is -0.481 e. The van der Waals surface area contributed by atoms with Crippen molar-refractivity contribution in [2.45, 2.75) is 30.4 Å². The van der Waals surface area contributed by atoms with Gasteiger partial charge in [-0.3, -0.25) is 4.79 Å². The first-order chi connectivity index (χ1) is 7.06. The number of aliphatic hydroxyl groups excluding tert-OH is 1. The van der Waals surface area contributed by atoms with Crippen LogP contribution in [0.15, 0.2) is 0 Å². The Labute approximate surface area is 91.6 Å². The first-order valence-electron chi connectivity index (χ1n) is 4.02. The zero-order chi connectivity index (χ0) is 13.0. The first kappa shape index (κ1) is 15.4. The molecule has 0 aliphatic rings. The lowest BCUT2D eigenvalue weighted by Gasteiger charge is -2.19. The van der Waals surface area contributed by atoms with E-state index in [1.807, 2.05) is 0 Å². The lowest BCUT2D eigenvalue weighted by molar-refractivity contribution is -0.282. The minimum absolute atomic E-state index is 0.342. The second-order valence-corrected chi connectivity index (χ2v) is 4.16. The molecule has 3 nitrogen and oxygen atoms in total. The minimum atomic E-state index is -5.62. The van der Waals surface area contributed by atoms with Crippen LogP contribution >= 0.6 is 11.8 Å². The van der Waals surface area contributed by atoms with Crippen LogP contribution in [0.4, 0.5) is 22.0 Å². The summed E-state index contributed by atoms with van der Waals surface area (Å²) in [6, 6.07) is 0. The average molecular weight is 268 g/mol. The zero-order valence-electron chi connectivity index (χ0n) is 7.80. The summed E-state index contributed by atoms with van der Waals surface area (Å²) in [7, 11) is 0. The van der Waals surface area contributed by atoms with Gasteiger partial charge >= 0.3 is 18.1 Å². The normalized spacial score (nSPS) is 14.9. The molecule has 0 aliphatic heterocycles. The van der Waals surface area contributed by atoms with Gasteiger partial charge in [-0.2, -0.15) is 22.0 Å². The van der Waals surface area contributed by atoms with E-state index in [0.717, 1.165) is 0 Å². The molecule has 0 aliphatic carbocycles. The molecule has 0 amide bonds. The third-order valence-electron chi connectivity index (χ3n) is 1.49. The second-order valence-electron chi connectivity index (χ2n) is 2.88. The molecule has 0 fully saturated rings. The Morgan fingerprint density at radius 1 is 1.25 bits per heavy atom. The Kier molecular flexibility index (Phi) is 5.47. The van der Waals surface area contributed by atoms with Crippen LogP contribution in [0.25, 0.3) is 0 Å². The molecule has 16 heavy (non-hydrogen) atoms. The number of hydrogen-bond acceptors (Lipinski definition) is 3. The molecule has 0 radical (unpaired) electrons. The van der Waals surface area contributed by atoms with Crippen LogP contribution in [0.5, 0.6) is 0 Å². The van der Waals surface area contributed by atoms with Gasteiger partial charge in [-0.15, -0.1) is 11.8 Å². The van der Waals surface area contributed by atoms with Crippen molar-refractivity contribution in [1.82, 2.24) is 0 Å². The van der Waals surface area contributed by atoms with E-state index in [-0.39, 0.29) is 0 Å². The molecule has 0 aromatic carbocycles. The molecule has 1 atom stereocenters. The van der Waals surface area contributed by atoms with Gasteiger partial charge in [-0.1, -0.05) is 0 Å². The van der Waals surface area contributed by atoms with E-state index in [2.05, 4.69) is 0 Å². The number of thioether (sulfide) groups is 1. The van der Waals surface area contributed by atoms with Gasteiger partial charge in [0.15, 0.2) is 0 Å². The highest BCUT2D eigenvalue weighted by Gasteiger charge is 2.56. The molecule has 0 rings (SSSR count). The summed E-state index contributed by atoms with van der Waals surface area (Å²) in [5.41, 5.74) is -1.48. The van der Waals surface area contributed by atoms with Crippen LogP contribution in [0, 0.1) is 0 Å². The zero-order valence-corrected chi connectivity index (χ0v) is 8.62. The Balaban J connectivity index is 3.94. The Morgan fingerprint density at radius 3 is 2.12 bits per heavy atom. The van der Waals surface area contributed by atoms with Gasteiger partial charge in [0, 0.05) is 12.2 Å². The summed E-state index contributed by atoms with van der Waals surface area (Å²) < 4.78 is 59.6. The molecule has 0 bridgehead atoms. The van der Waals surface area contributed by atoms with E-state index >= 15 is 0 Å². The average Bonchev–Trinajstić information content (AvgIpc) is 1.99.